The van der Waals surface area contributed by atoms with Gasteiger partial charge in [0.25, 0.3) is 0 Å². The fraction of sp³-hybridized carbons (Fsp3) is 0.174. The molecule has 8 nitrogen and oxygen atoms in total. The number of nitrogens with one attached hydrogen (secondary N) is 1. The highest BCUT2D eigenvalue weighted by atomic mass is 32.1. The lowest BCUT2D eigenvalue weighted by Crippen LogP contribution is -2.23. The molecule has 0 aliphatic heterocycles. The highest BCUT2D eigenvalue weighted by Crippen LogP contribution is 2.45. The van der Waals surface area contributed by atoms with Crippen molar-refractivity contribution in [2.75, 3.05) is 11.9 Å². The van der Waals surface area contributed by atoms with Crippen LogP contribution in [0, 0.1) is 16.7 Å². The summed E-state index contributed by atoms with van der Waals surface area (Å²) >= 11 is 1.49. The summed E-state index contributed by atoms with van der Waals surface area (Å²) in [6, 6.07) is 15.5. The smallest absolute Gasteiger partial charge is 0.316 e. The third-order valence-electron chi connectivity index (χ3n) is 5.40. The van der Waals surface area contributed by atoms with Crippen molar-refractivity contribution in [3.63, 3.8) is 0 Å². The van der Waals surface area contributed by atoms with Crippen LogP contribution < -0.4 is 10.1 Å². The van der Waals surface area contributed by atoms with Crippen molar-refractivity contribution < 1.29 is 14.6 Å². The van der Waals surface area contributed by atoms with E-state index < -0.39 is 11.4 Å². The second-order valence-electron chi connectivity index (χ2n) is 7.64. The van der Waals surface area contributed by atoms with E-state index in [0.717, 1.165) is 32.2 Å². The van der Waals surface area contributed by atoms with Crippen LogP contribution in [-0.4, -0.2) is 32.6 Å². The highest BCUT2D eigenvalue weighted by molar-refractivity contribution is 7.22. The van der Waals surface area contributed by atoms with E-state index in [0.29, 0.717) is 18.4 Å². The molecule has 1 aliphatic rings. The second-order valence-corrected chi connectivity index (χ2v) is 8.67. The Bertz CT molecular complexity index is 1340. The number of ether oxygens (including phenoxy) is 1. The van der Waals surface area contributed by atoms with Crippen molar-refractivity contribution in [3.8, 4) is 23.2 Å². The monoisotopic (exact) mass is 443 g/mol. The van der Waals surface area contributed by atoms with Crippen LogP contribution in [0.4, 0.5) is 10.8 Å². The van der Waals surface area contributed by atoms with Crippen molar-refractivity contribution in [2.24, 2.45) is 5.41 Å². The van der Waals surface area contributed by atoms with E-state index in [4.69, 9.17) is 10.00 Å². The number of carboxylic acids is 1. The molecular formula is C23H17N5O3S. The fourth-order valence-electron chi connectivity index (χ4n) is 3.23. The van der Waals surface area contributed by atoms with Gasteiger partial charge in [0.1, 0.15) is 12.0 Å². The molecule has 0 amide bonds. The Morgan fingerprint density at radius 2 is 1.91 bits per heavy atom. The third-order valence-corrected chi connectivity index (χ3v) is 6.33. The number of thiazole rings is 1. The summed E-state index contributed by atoms with van der Waals surface area (Å²) in [6.45, 7) is 0.0889. The summed E-state index contributed by atoms with van der Waals surface area (Å²) < 4.78 is 6.43. The Balaban J connectivity index is 1.24. The maximum absolute atomic E-state index is 11.2. The van der Waals surface area contributed by atoms with Crippen LogP contribution in [0.25, 0.3) is 21.3 Å². The molecule has 5 rings (SSSR count). The van der Waals surface area contributed by atoms with Gasteiger partial charge in [-0.25, -0.2) is 15.0 Å². The topological polar surface area (TPSA) is 121 Å². The van der Waals surface area contributed by atoms with Crippen LogP contribution in [-0.2, 0) is 4.79 Å². The maximum Gasteiger partial charge on any atom is 0.316 e. The summed E-state index contributed by atoms with van der Waals surface area (Å²) in [7, 11) is 0. The number of aromatic nitrogens is 3. The van der Waals surface area contributed by atoms with Gasteiger partial charge in [0.05, 0.1) is 21.8 Å². The van der Waals surface area contributed by atoms with Gasteiger partial charge in [-0.2, -0.15) is 5.26 Å². The number of aliphatic carboxylic acids is 1. The molecule has 2 N–H and O–H groups in total. The molecule has 9 heteroatoms. The standard InChI is InChI=1S/C23H17N5O3S/c24-10-14-1-6-18-19(9-14)32-22(28-18)27-17-4-2-15(3-5-17)16-11-25-21(26-12-16)31-13-23(7-8-23)20(29)30/h1-6,9,11-12H,7-8,13H2,(H,27,28)(H,29,30). The van der Waals surface area contributed by atoms with Crippen LogP contribution in [0.3, 0.4) is 0 Å². The van der Waals surface area contributed by atoms with E-state index >= 15 is 0 Å². The molecule has 0 unspecified atom stereocenters. The Morgan fingerprint density at radius 1 is 1.16 bits per heavy atom. The highest BCUT2D eigenvalue weighted by Gasteiger charge is 2.51. The molecule has 2 aromatic heterocycles. The minimum Gasteiger partial charge on any atom is -0.481 e. The van der Waals surface area contributed by atoms with Crippen molar-refractivity contribution in [1.82, 2.24) is 15.0 Å². The molecular weight excluding hydrogens is 426 g/mol. The van der Waals surface area contributed by atoms with E-state index in [1.807, 2.05) is 36.4 Å². The van der Waals surface area contributed by atoms with E-state index in [2.05, 4.69) is 26.3 Å². The van der Waals surface area contributed by atoms with Gasteiger partial charge in [-0.3, -0.25) is 4.79 Å². The van der Waals surface area contributed by atoms with Gasteiger partial charge in [0.15, 0.2) is 5.13 Å². The number of hydrogen-bond donors (Lipinski definition) is 2. The van der Waals surface area contributed by atoms with Crippen molar-refractivity contribution in [3.05, 3.63) is 60.4 Å². The zero-order chi connectivity index (χ0) is 22.1. The van der Waals surface area contributed by atoms with Gasteiger partial charge in [-0.15, -0.1) is 0 Å². The maximum atomic E-state index is 11.2. The van der Waals surface area contributed by atoms with Crippen molar-refractivity contribution >= 4 is 38.3 Å². The molecule has 1 fully saturated rings. The van der Waals surface area contributed by atoms with E-state index in [-0.39, 0.29) is 12.6 Å². The van der Waals surface area contributed by atoms with E-state index in [1.165, 1.54) is 11.3 Å². The lowest BCUT2D eigenvalue weighted by atomic mass is 10.1. The molecule has 158 valence electrons. The number of anilines is 2. The molecule has 32 heavy (non-hydrogen) atoms. The van der Waals surface area contributed by atoms with Crippen LogP contribution in [0.5, 0.6) is 6.01 Å². The quantitative estimate of drug-likeness (QED) is 0.425. The normalized spacial score (nSPS) is 14.0. The summed E-state index contributed by atoms with van der Waals surface area (Å²) in [4.78, 5) is 24.2. The summed E-state index contributed by atoms with van der Waals surface area (Å²) in [5, 5.41) is 22.3. The van der Waals surface area contributed by atoms with Gasteiger partial charge < -0.3 is 15.2 Å². The number of rotatable bonds is 7. The third kappa shape index (κ3) is 3.96. The van der Waals surface area contributed by atoms with Crippen LogP contribution in [0.15, 0.2) is 54.9 Å². The minimum atomic E-state index is -0.833. The molecule has 0 spiro atoms. The SMILES string of the molecule is N#Cc1ccc2nc(Nc3ccc(-c4cnc(OCC5(C(=O)O)CC5)nc4)cc3)sc2c1. The van der Waals surface area contributed by atoms with Gasteiger partial charge >= 0.3 is 12.0 Å². The van der Waals surface area contributed by atoms with E-state index in [9.17, 15) is 9.90 Å². The average Bonchev–Trinajstić information content (AvgIpc) is 3.51. The van der Waals surface area contributed by atoms with Gasteiger partial charge in [-0.05, 0) is 48.7 Å². The number of nitrogens with zero attached hydrogens (tertiary/aromatic N) is 4. The first-order valence-electron chi connectivity index (χ1n) is 9.91. The number of nitriles is 1. The van der Waals surface area contributed by atoms with Gasteiger partial charge in [-0.1, -0.05) is 23.5 Å². The Labute approximate surface area is 187 Å². The summed E-state index contributed by atoms with van der Waals surface area (Å²) in [5.74, 6) is -0.833. The van der Waals surface area contributed by atoms with E-state index in [1.54, 1.807) is 18.5 Å². The number of carboxylic acid groups (broad SMARTS) is 1. The lowest BCUT2D eigenvalue weighted by molar-refractivity contribution is -0.144. The van der Waals surface area contributed by atoms with Crippen LogP contribution >= 0.6 is 11.3 Å². The fourth-order valence-corrected chi connectivity index (χ4v) is 4.16. The number of hydrogen-bond acceptors (Lipinski definition) is 8. The number of fused-ring (bicyclic) bond motifs is 1. The number of carbonyl (C=O) groups is 1. The average molecular weight is 443 g/mol. The zero-order valence-electron chi connectivity index (χ0n) is 16.8. The predicted molar refractivity (Wildman–Crippen MR) is 120 cm³/mol. The first-order chi connectivity index (χ1) is 15.5. The minimum absolute atomic E-state index is 0.0889. The Hall–Kier alpha value is -4.03. The molecule has 1 saturated carbocycles. The molecule has 2 heterocycles. The van der Waals surface area contributed by atoms with Gasteiger partial charge in [0.2, 0.25) is 0 Å². The molecule has 1 aliphatic carbocycles. The number of benzene rings is 2. The molecule has 4 aromatic rings. The van der Waals surface area contributed by atoms with Crippen molar-refractivity contribution in [2.45, 2.75) is 12.8 Å². The Morgan fingerprint density at radius 3 is 2.56 bits per heavy atom. The lowest BCUT2D eigenvalue weighted by Gasteiger charge is -2.10. The largest absolute Gasteiger partial charge is 0.481 e. The van der Waals surface area contributed by atoms with Crippen molar-refractivity contribution in [1.29, 1.82) is 5.26 Å². The molecule has 0 atom stereocenters. The molecule has 0 radical (unpaired) electrons. The Kier molecular flexibility index (Phi) is 4.92. The van der Waals surface area contributed by atoms with Crippen LogP contribution in [0.2, 0.25) is 0 Å². The first kappa shape index (κ1) is 19.9. The van der Waals surface area contributed by atoms with Gasteiger partial charge in [0, 0.05) is 23.6 Å². The first-order valence-corrected chi connectivity index (χ1v) is 10.7. The summed E-state index contributed by atoms with van der Waals surface area (Å²) in [6.07, 6.45) is 4.56. The zero-order valence-corrected chi connectivity index (χ0v) is 17.6. The molecule has 0 bridgehead atoms. The van der Waals surface area contributed by atoms with Crippen LogP contribution in [0.1, 0.15) is 18.4 Å². The predicted octanol–water partition coefficient (Wildman–Crippen LogP) is 4.61. The molecule has 2 aromatic carbocycles. The summed E-state index contributed by atoms with van der Waals surface area (Å²) in [5.41, 5.74) is 3.35. The molecule has 0 saturated heterocycles. The second kappa shape index (κ2) is 7.90.